The Morgan fingerprint density at radius 3 is 2.94 bits per heavy atom. The zero-order chi connectivity index (χ0) is 12.8. The van der Waals surface area contributed by atoms with Crippen LogP contribution in [0.4, 0.5) is 0 Å². The van der Waals surface area contributed by atoms with Crippen molar-refractivity contribution in [2.24, 2.45) is 5.73 Å². The highest BCUT2D eigenvalue weighted by Gasteiger charge is 2.28. The molecule has 0 radical (unpaired) electrons. The SMILES string of the molecule is CC(C)(CN)c1nc2c(s1)COc1ccccc1-2. The van der Waals surface area contributed by atoms with E-state index in [4.69, 9.17) is 15.5 Å². The number of thiazole rings is 1. The van der Waals surface area contributed by atoms with Crippen LogP contribution < -0.4 is 10.5 Å². The van der Waals surface area contributed by atoms with E-state index in [1.165, 1.54) is 4.88 Å². The maximum Gasteiger partial charge on any atom is 0.129 e. The molecule has 2 heterocycles. The summed E-state index contributed by atoms with van der Waals surface area (Å²) in [5.74, 6) is 0.924. The van der Waals surface area contributed by atoms with Crippen molar-refractivity contribution in [1.29, 1.82) is 0 Å². The fraction of sp³-hybridized carbons (Fsp3) is 0.357. The van der Waals surface area contributed by atoms with Crippen LogP contribution in [0, 0.1) is 0 Å². The quantitative estimate of drug-likeness (QED) is 0.903. The van der Waals surface area contributed by atoms with E-state index in [0.717, 1.165) is 22.0 Å². The number of rotatable bonds is 2. The maximum atomic E-state index is 5.83. The van der Waals surface area contributed by atoms with Crippen molar-refractivity contribution in [3.63, 3.8) is 0 Å². The van der Waals surface area contributed by atoms with E-state index in [1.807, 2.05) is 18.2 Å². The number of hydrogen-bond acceptors (Lipinski definition) is 4. The summed E-state index contributed by atoms with van der Waals surface area (Å²) in [7, 11) is 0. The third-order valence-corrected chi connectivity index (χ3v) is 4.68. The molecule has 3 rings (SSSR count). The van der Waals surface area contributed by atoms with Gasteiger partial charge in [-0.2, -0.15) is 0 Å². The Bertz CT molecular complexity index is 589. The van der Waals surface area contributed by atoms with Crippen LogP contribution >= 0.6 is 11.3 Å². The second-order valence-electron chi connectivity index (χ2n) is 5.16. The molecule has 2 N–H and O–H groups in total. The van der Waals surface area contributed by atoms with Crippen LogP contribution in [0.5, 0.6) is 5.75 Å². The minimum atomic E-state index is -0.0725. The molecule has 0 fully saturated rings. The predicted octanol–water partition coefficient (Wildman–Crippen LogP) is 2.94. The lowest BCUT2D eigenvalue weighted by Gasteiger charge is -2.18. The number of fused-ring (bicyclic) bond motifs is 3. The monoisotopic (exact) mass is 260 g/mol. The van der Waals surface area contributed by atoms with Gasteiger partial charge in [-0.1, -0.05) is 26.0 Å². The summed E-state index contributed by atoms with van der Waals surface area (Å²) in [6.45, 7) is 5.47. The average molecular weight is 260 g/mol. The molecular formula is C14H16N2OS. The molecule has 94 valence electrons. The van der Waals surface area contributed by atoms with E-state index < -0.39 is 0 Å². The molecule has 2 aromatic rings. The standard InChI is InChI=1S/C14H16N2OS/c1-14(2,8-15)13-16-12-9-5-3-4-6-10(9)17-7-11(12)18-13/h3-6H,7-8,15H2,1-2H3. The van der Waals surface area contributed by atoms with E-state index >= 15 is 0 Å². The van der Waals surface area contributed by atoms with Gasteiger partial charge in [0, 0.05) is 17.5 Å². The number of benzene rings is 1. The van der Waals surface area contributed by atoms with Gasteiger partial charge in [-0.3, -0.25) is 0 Å². The Morgan fingerprint density at radius 2 is 2.17 bits per heavy atom. The second kappa shape index (κ2) is 4.07. The number of nitrogens with two attached hydrogens (primary N) is 1. The lowest BCUT2D eigenvalue weighted by atomic mass is 9.95. The fourth-order valence-electron chi connectivity index (χ4n) is 1.97. The second-order valence-corrected chi connectivity index (χ2v) is 6.25. The molecule has 0 bridgehead atoms. The number of aromatic nitrogens is 1. The van der Waals surface area contributed by atoms with Gasteiger partial charge in [0.2, 0.25) is 0 Å². The predicted molar refractivity (Wildman–Crippen MR) is 74.0 cm³/mol. The van der Waals surface area contributed by atoms with E-state index in [2.05, 4.69) is 19.9 Å². The normalized spacial score (nSPS) is 13.7. The highest BCUT2D eigenvalue weighted by molar-refractivity contribution is 7.12. The Kier molecular flexibility index (Phi) is 2.64. The van der Waals surface area contributed by atoms with Crippen LogP contribution in [-0.4, -0.2) is 11.5 Å². The summed E-state index contributed by atoms with van der Waals surface area (Å²) in [6, 6.07) is 8.06. The first-order valence-corrected chi connectivity index (χ1v) is 6.86. The van der Waals surface area contributed by atoms with Gasteiger partial charge in [0.1, 0.15) is 17.4 Å². The summed E-state index contributed by atoms with van der Waals surface area (Å²) in [6.07, 6.45) is 0. The molecule has 0 saturated heterocycles. The van der Waals surface area contributed by atoms with Gasteiger partial charge in [-0.25, -0.2) is 4.98 Å². The molecule has 1 aromatic carbocycles. The Hall–Kier alpha value is -1.39. The van der Waals surface area contributed by atoms with Crippen LogP contribution in [0.3, 0.4) is 0 Å². The van der Waals surface area contributed by atoms with Crippen LogP contribution in [-0.2, 0) is 12.0 Å². The molecule has 0 aliphatic carbocycles. The number of nitrogens with zero attached hydrogens (tertiary/aromatic N) is 1. The fourth-order valence-corrected chi connectivity index (χ4v) is 3.07. The Morgan fingerprint density at radius 1 is 1.39 bits per heavy atom. The summed E-state index contributed by atoms with van der Waals surface area (Å²) >= 11 is 1.71. The van der Waals surface area contributed by atoms with Gasteiger partial charge in [-0.05, 0) is 12.1 Å². The van der Waals surface area contributed by atoms with Gasteiger partial charge in [0.25, 0.3) is 0 Å². The molecule has 0 spiro atoms. The Balaban J connectivity index is 2.12. The van der Waals surface area contributed by atoms with Crippen LogP contribution in [0.2, 0.25) is 0 Å². The van der Waals surface area contributed by atoms with Crippen molar-refractivity contribution in [3.05, 3.63) is 34.2 Å². The molecule has 18 heavy (non-hydrogen) atoms. The number of ether oxygens (including phenoxy) is 1. The summed E-state index contributed by atoms with van der Waals surface area (Å²) in [5, 5.41) is 1.09. The third-order valence-electron chi connectivity index (χ3n) is 3.29. The van der Waals surface area contributed by atoms with Crippen LogP contribution in [0.15, 0.2) is 24.3 Å². The molecule has 0 unspecified atom stereocenters. The minimum Gasteiger partial charge on any atom is -0.487 e. The van der Waals surface area contributed by atoms with Crippen molar-refractivity contribution < 1.29 is 4.74 Å². The first kappa shape index (κ1) is 11.7. The lowest BCUT2D eigenvalue weighted by Crippen LogP contribution is -2.27. The zero-order valence-corrected chi connectivity index (χ0v) is 11.4. The molecule has 3 nitrogen and oxygen atoms in total. The van der Waals surface area contributed by atoms with Crippen molar-refractivity contribution in [3.8, 4) is 17.0 Å². The van der Waals surface area contributed by atoms with Gasteiger partial charge in [0.15, 0.2) is 0 Å². The molecule has 0 atom stereocenters. The van der Waals surface area contributed by atoms with Gasteiger partial charge < -0.3 is 10.5 Å². The van der Waals surface area contributed by atoms with Crippen LogP contribution in [0.25, 0.3) is 11.3 Å². The Labute approximate surface area is 111 Å². The minimum absolute atomic E-state index is 0.0725. The smallest absolute Gasteiger partial charge is 0.129 e. The largest absolute Gasteiger partial charge is 0.487 e. The molecule has 0 saturated carbocycles. The van der Waals surface area contributed by atoms with Crippen molar-refractivity contribution in [1.82, 2.24) is 4.98 Å². The summed E-state index contributed by atoms with van der Waals surface area (Å²) in [5.41, 5.74) is 7.91. The van der Waals surface area contributed by atoms with Crippen LogP contribution in [0.1, 0.15) is 23.7 Å². The van der Waals surface area contributed by atoms with Crippen molar-refractivity contribution >= 4 is 11.3 Å². The average Bonchev–Trinajstić information content (AvgIpc) is 2.84. The highest BCUT2D eigenvalue weighted by atomic mass is 32.1. The molecular weight excluding hydrogens is 244 g/mol. The number of para-hydroxylation sites is 1. The zero-order valence-electron chi connectivity index (χ0n) is 10.6. The lowest BCUT2D eigenvalue weighted by molar-refractivity contribution is 0.305. The third kappa shape index (κ3) is 1.72. The van der Waals surface area contributed by atoms with E-state index in [0.29, 0.717) is 13.2 Å². The van der Waals surface area contributed by atoms with Gasteiger partial charge in [0.05, 0.1) is 10.6 Å². The van der Waals surface area contributed by atoms with E-state index in [1.54, 1.807) is 11.3 Å². The van der Waals surface area contributed by atoms with Gasteiger partial charge >= 0.3 is 0 Å². The van der Waals surface area contributed by atoms with Crippen molar-refractivity contribution in [2.75, 3.05) is 6.54 Å². The first-order chi connectivity index (χ1) is 8.62. The van der Waals surface area contributed by atoms with Crippen molar-refractivity contribution in [2.45, 2.75) is 25.9 Å². The van der Waals surface area contributed by atoms with E-state index in [9.17, 15) is 0 Å². The summed E-state index contributed by atoms with van der Waals surface area (Å²) in [4.78, 5) is 5.99. The van der Waals surface area contributed by atoms with Gasteiger partial charge in [-0.15, -0.1) is 11.3 Å². The number of hydrogen-bond donors (Lipinski definition) is 1. The molecule has 4 heteroatoms. The maximum absolute atomic E-state index is 5.83. The molecule has 1 aliphatic heterocycles. The highest BCUT2D eigenvalue weighted by Crippen LogP contribution is 2.41. The molecule has 0 amide bonds. The topological polar surface area (TPSA) is 48.1 Å². The molecule has 1 aromatic heterocycles. The summed E-state index contributed by atoms with van der Waals surface area (Å²) < 4.78 is 5.75. The molecule has 1 aliphatic rings. The first-order valence-electron chi connectivity index (χ1n) is 6.04. The van der Waals surface area contributed by atoms with E-state index in [-0.39, 0.29) is 5.41 Å².